The standard InChI is InChI=1S/C19H18N4O4S/c1-13-11-12-20-19(21-13)23-28(25,26)15-9-7-14(8-10-15)22-18(24)16-5-3-4-6-17(16)27-2/h3-12H,1-2H3,(H,22,24)(H,20,21,23). The first-order valence-corrected chi connectivity index (χ1v) is 9.74. The van der Waals surface area contributed by atoms with Crippen LogP contribution in [0.5, 0.6) is 5.75 Å². The van der Waals surface area contributed by atoms with E-state index in [0.29, 0.717) is 22.7 Å². The summed E-state index contributed by atoms with van der Waals surface area (Å²) in [5.74, 6) is 0.0782. The number of carbonyl (C=O) groups excluding carboxylic acids is 1. The summed E-state index contributed by atoms with van der Waals surface area (Å²) in [6, 6.07) is 14.2. The Labute approximate surface area is 162 Å². The molecule has 0 aliphatic carbocycles. The van der Waals surface area contributed by atoms with E-state index < -0.39 is 10.0 Å². The summed E-state index contributed by atoms with van der Waals surface area (Å²) in [6.45, 7) is 1.73. The van der Waals surface area contributed by atoms with Gasteiger partial charge in [0.15, 0.2) is 0 Å². The molecule has 2 aromatic carbocycles. The van der Waals surface area contributed by atoms with E-state index in [0.717, 1.165) is 0 Å². The quantitative estimate of drug-likeness (QED) is 0.661. The topological polar surface area (TPSA) is 110 Å². The van der Waals surface area contributed by atoms with Crippen LogP contribution in [0.3, 0.4) is 0 Å². The van der Waals surface area contributed by atoms with Crippen LogP contribution in [-0.4, -0.2) is 31.4 Å². The second-order valence-corrected chi connectivity index (χ2v) is 7.49. The Morgan fingerprint density at radius 3 is 2.43 bits per heavy atom. The molecule has 0 atom stereocenters. The van der Waals surface area contributed by atoms with Gasteiger partial charge in [-0.05, 0) is 49.4 Å². The number of aryl methyl sites for hydroxylation is 1. The van der Waals surface area contributed by atoms with Gasteiger partial charge < -0.3 is 10.1 Å². The molecule has 9 heteroatoms. The normalized spacial score (nSPS) is 10.9. The summed E-state index contributed by atoms with van der Waals surface area (Å²) in [5, 5.41) is 2.71. The summed E-state index contributed by atoms with van der Waals surface area (Å²) in [7, 11) is -2.36. The van der Waals surface area contributed by atoms with Crippen LogP contribution in [0.15, 0.2) is 65.7 Å². The lowest BCUT2D eigenvalue weighted by atomic mass is 10.2. The van der Waals surface area contributed by atoms with Crippen molar-refractivity contribution in [2.24, 2.45) is 0 Å². The molecule has 1 aromatic heterocycles. The van der Waals surface area contributed by atoms with Crippen molar-refractivity contribution in [2.75, 3.05) is 17.1 Å². The lowest BCUT2D eigenvalue weighted by Crippen LogP contribution is -2.16. The van der Waals surface area contributed by atoms with Gasteiger partial charge in [0.05, 0.1) is 17.6 Å². The van der Waals surface area contributed by atoms with Gasteiger partial charge in [-0.25, -0.2) is 23.1 Å². The lowest BCUT2D eigenvalue weighted by Gasteiger charge is -2.10. The third kappa shape index (κ3) is 4.44. The van der Waals surface area contributed by atoms with E-state index in [4.69, 9.17) is 4.74 Å². The number of hydrogen-bond acceptors (Lipinski definition) is 6. The Balaban J connectivity index is 1.75. The molecule has 0 fully saturated rings. The molecular formula is C19H18N4O4S. The van der Waals surface area contributed by atoms with Crippen molar-refractivity contribution in [1.82, 2.24) is 9.97 Å². The minimum atomic E-state index is -3.85. The van der Waals surface area contributed by atoms with Crippen molar-refractivity contribution in [3.63, 3.8) is 0 Å². The summed E-state index contributed by atoms with van der Waals surface area (Å²) in [4.78, 5) is 20.3. The zero-order chi connectivity index (χ0) is 20.1. The van der Waals surface area contributed by atoms with E-state index in [1.165, 1.54) is 37.6 Å². The maximum Gasteiger partial charge on any atom is 0.264 e. The van der Waals surface area contributed by atoms with E-state index in [-0.39, 0.29) is 16.8 Å². The first-order valence-electron chi connectivity index (χ1n) is 8.26. The molecule has 0 saturated carbocycles. The largest absolute Gasteiger partial charge is 0.496 e. The highest BCUT2D eigenvalue weighted by molar-refractivity contribution is 7.92. The first-order chi connectivity index (χ1) is 13.4. The predicted molar refractivity (Wildman–Crippen MR) is 105 cm³/mol. The zero-order valence-corrected chi connectivity index (χ0v) is 16.0. The molecule has 0 radical (unpaired) electrons. The number of ether oxygens (including phenoxy) is 1. The average Bonchev–Trinajstić information content (AvgIpc) is 2.68. The number of methoxy groups -OCH3 is 1. The van der Waals surface area contributed by atoms with Gasteiger partial charge in [-0.15, -0.1) is 0 Å². The van der Waals surface area contributed by atoms with Crippen molar-refractivity contribution in [3.8, 4) is 5.75 Å². The van der Waals surface area contributed by atoms with Gasteiger partial charge in [-0.2, -0.15) is 0 Å². The van der Waals surface area contributed by atoms with Crippen LogP contribution in [0.1, 0.15) is 16.1 Å². The fourth-order valence-corrected chi connectivity index (χ4v) is 3.38. The number of aromatic nitrogens is 2. The number of benzene rings is 2. The number of anilines is 2. The van der Waals surface area contributed by atoms with Gasteiger partial charge in [0, 0.05) is 17.6 Å². The molecule has 0 unspecified atom stereocenters. The third-order valence-corrected chi connectivity index (χ3v) is 5.14. The molecule has 28 heavy (non-hydrogen) atoms. The number of rotatable bonds is 6. The molecule has 0 spiro atoms. The first kappa shape index (κ1) is 19.3. The number of nitrogens with one attached hydrogen (secondary N) is 2. The smallest absolute Gasteiger partial charge is 0.264 e. The molecule has 0 bridgehead atoms. The van der Waals surface area contributed by atoms with Crippen LogP contribution in [-0.2, 0) is 10.0 Å². The van der Waals surface area contributed by atoms with E-state index in [2.05, 4.69) is 20.0 Å². The SMILES string of the molecule is COc1ccccc1C(=O)Nc1ccc(S(=O)(=O)Nc2nccc(C)n2)cc1. The zero-order valence-electron chi connectivity index (χ0n) is 15.2. The molecule has 144 valence electrons. The fraction of sp³-hybridized carbons (Fsp3) is 0.105. The van der Waals surface area contributed by atoms with Crippen molar-refractivity contribution >= 4 is 27.6 Å². The summed E-state index contributed by atoms with van der Waals surface area (Å²) >= 11 is 0. The molecule has 3 aromatic rings. The Morgan fingerprint density at radius 2 is 1.75 bits per heavy atom. The summed E-state index contributed by atoms with van der Waals surface area (Å²) in [6.07, 6.45) is 1.47. The lowest BCUT2D eigenvalue weighted by molar-refractivity contribution is 0.102. The molecule has 0 aliphatic rings. The minimum absolute atomic E-state index is 0.00597. The van der Waals surface area contributed by atoms with Crippen LogP contribution in [0.2, 0.25) is 0 Å². The molecule has 2 N–H and O–H groups in total. The molecule has 3 rings (SSSR count). The molecule has 0 saturated heterocycles. The van der Waals surface area contributed by atoms with Gasteiger partial charge in [0.25, 0.3) is 15.9 Å². The summed E-state index contributed by atoms with van der Waals surface area (Å²) < 4.78 is 32.4. The minimum Gasteiger partial charge on any atom is -0.496 e. The molecule has 1 amide bonds. The van der Waals surface area contributed by atoms with E-state index in [1.807, 2.05) is 0 Å². The van der Waals surface area contributed by atoms with Crippen LogP contribution in [0.4, 0.5) is 11.6 Å². The average molecular weight is 398 g/mol. The molecule has 0 aliphatic heterocycles. The van der Waals surface area contributed by atoms with Gasteiger partial charge in [0.2, 0.25) is 5.95 Å². The van der Waals surface area contributed by atoms with Gasteiger partial charge in [-0.3, -0.25) is 4.79 Å². The van der Waals surface area contributed by atoms with Crippen LogP contribution in [0.25, 0.3) is 0 Å². The van der Waals surface area contributed by atoms with Crippen LogP contribution < -0.4 is 14.8 Å². The number of nitrogens with zero attached hydrogens (tertiary/aromatic N) is 2. The molecule has 8 nitrogen and oxygen atoms in total. The van der Waals surface area contributed by atoms with Crippen molar-refractivity contribution in [2.45, 2.75) is 11.8 Å². The highest BCUT2D eigenvalue weighted by atomic mass is 32.2. The highest BCUT2D eigenvalue weighted by Gasteiger charge is 2.16. The van der Waals surface area contributed by atoms with Crippen molar-refractivity contribution < 1.29 is 17.9 Å². The molecular weight excluding hydrogens is 380 g/mol. The maximum atomic E-state index is 12.5. The van der Waals surface area contributed by atoms with Crippen molar-refractivity contribution in [3.05, 3.63) is 72.1 Å². The second-order valence-electron chi connectivity index (χ2n) is 5.81. The Morgan fingerprint density at radius 1 is 1.04 bits per heavy atom. The molecule has 1 heterocycles. The van der Waals surface area contributed by atoms with Gasteiger partial charge in [0.1, 0.15) is 5.75 Å². The fourth-order valence-electron chi connectivity index (χ4n) is 2.43. The van der Waals surface area contributed by atoms with E-state index >= 15 is 0 Å². The summed E-state index contributed by atoms with van der Waals surface area (Å²) in [5.41, 5.74) is 1.46. The van der Waals surface area contributed by atoms with Crippen molar-refractivity contribution in [1.29, 1.82) is 0 Å². The Bertz CT molecular complexity index is 1100. The predicted octanol–water partition coefficient (Wildman–Crippen LogP) is 2.85. The van der Waals surface area contributed by atoms with Gasteiger partial charge >= 0.3 is 0 Å². The number of hydrogen-bond donors (Lipinski definition) is 2. The number of carbonyl (C=O) groups is 1. The Hall–Kier alpha value is -3.46. The van der Waals surface area contributed by atoms with Crippen LogP contribution in [0, 0.1) is 6.92 Å². The highest BCUT2D eigenvalue weighted by Crippen LogP contribution is 2.21. The van der Waals surface area contributed by atoms with Gasteiger partial charge in [-0.1, -0.05) is 12.1 Å². The van der Waals surface area contributed by atoms with E-state index in [9.17, 15) is 13.2 Å². The van der Waals surface area contributed by atoms with E-state index in [1.54, 1.807) is 37.3 Å². The number of para-hydroxylation sites is 1. The second kappa shape index (κ2) is 8.05. The Kier molecular flexibility index (Phi) is 5.55. The maximum absolute atomic E-state index is 12.5. The number of sulfonamides is 1. The number of amides is 1. The monoisotopic (exact) mass is 398 g/mol. The van der Waals surface area contributed by atoms with Crippen LogP contribution >= 0.6 is 0 Å². The third-order valence-electron chi connectivity index (χ3n) is 3.79.